The molecular weight excluding hydrogens is 552 g/mol. The third-order valence-electron chi connectivity index (χ3n) is 7.44. The average molecular weight is 585 g/mol. The SMILES string of the molecule is CC(C)(C)[C@@H]1CCc2c(sc(NC(=O)CSc3nnc(CN4CCOCC4)n3-c3ccc(Cl)cc3)c2C#N)C1. The van der Waals surface area contributed by atoms with Gasteiger partial charge in [0.15, 0.2) is 11.0 Å². The van der Waals surface area contributed by atoms with Gasteiger partial charge < -0.3 is 10.1 Å². The smallest absolute Gasteiger partial charge is 0.235 e. The molecule has 0 bridgehead atoms. The quantitative estimate of drug-likeness (QED) is 0.363. The van der Waals surface area contributed by atoms with Crippen LogP contribution in [0.1, 0.15) is 49.0 Å². The van der Waals surface area contributed by atoms with Gasteiger partial charge in [0.2, 0.25) is 5.91 Å². The number of nitrogens with zero attached hydrogens (tertiary/aromatic N) is 5. The number of hydrogen-bond acceptors (Lipinski definition) is 8. The number of benzene rings is 1. The van der Waals surface area contributed by atoms with Gasteiger partial charge in [-0.1, -0.05) is 44.1 Å². The molecule has 2 aromatic heterocycles. The van der Waals surface area contributed by atoms with Crippen molar-refractivity contribution in [3.05, 3.63) is 51.1 Å². The summed E-state index contributed by atoms with van der Waals surface area (Å²) >= 11 is 9.03. The highest BCUT2D eigenvalue weighted by Crippen LogP contribution is 2.44. The van der Waals surface area contributed by atoms with E-state index in [0.717, 1.165) is 49.4 Å². The molecule has 0 saturated carbocycles. The van der Waals surface area contributed by atoms with Crippen molar-refractivity contribution in [2.45, 2.75) is 51.7 Å². The van der Waals surface area contributed by atoms with E-state index in [4.69, 9.17) is 16.3 Å². The van der Waals surface area contributed by atoms with Crippen molar-refractivity contribution in [2.75, 3.05) is 37.4 Å². The summed E-state index contributed by atoms with van der Waals surface area (Å²) in [7, 11) is 0. The van der Waals surface area contributed by atoms with Crippen LogP contribution in [0.5, 0.6) is 0 Å². The highest BCUT2D eigenvalue weighted by Gasteiger charge is 2.32. The van der Waals surface area contributed by atoms with Gasteiger partial charge in [-0.2, -0.15) is 5.26 Å². The fraction of sp³-hybridized carbons (Fsp3) is 0.500. The van der Waals surface area contributed by atoms with Crippen LogP contribution in [-0.2, 0) is 28.9 Å². The molecule has 1 saturated heterocycles. The maximum absolute atomic E-state index is 13.1. The molecule has 2 aliphatic rings. The first-order chi connectivity index (χ1) is 18.7. The number of carbonyl (C=O) groups is 1. The lowest BCUT2D eigenvalue weighted by atomic mass is 9.72. The second-order valence-corrected chi connectivity index (χ2v) is 13.5. The Bertz CT molecular complexity index is 1370. The van der Waals surface area contributed by atoms with Crippen molar-refractivity contribution in [3.63, 3.8) is 0 Å². The van der Waals surface area contributed by atoms with E-state index in [1.807, 2.05) is 28.8 Å². The zero-order chi connectivity index (χ0) is 27.6. The summed E-state index contributed by atoms with van der Waals surface area (Å²) in [6.07, 6.45) is 2.91. The number of halogens is 1. The van der Waals surface area contributed by atoms with E-state index >= 15 is 0 Å². The van der Waals surface area contributed by atoms with Gasteiger partial charge in [0.1, 0.15) is 11.1 Å². The number of carbonyl (C=O) groups excluding carboxylic acids is 1. The molecule has 8 nitrogen and oxygen atoms in total. The van der Waals surface area contributed by atoms with Crippen LogP contribution in [0.15, 0.2) is 29.4 Å². The second kappa shape index (κ2) is 12.0. The molecule has 1 aromatic carbocycles. The summed E-state index contributed by atoms with van der Waals surface area (Å²) < 4.78 is 7.47. The first kappa shape index (κ1) is 28.1. The van der Waals surface area contributed by atoms with Crippen LogP contribution in [-0.4, -0.2) is 57.6 Å². The Kier molecular flexibility index (Phi) is 8.64. The number of amides is 1. The van der Waals surface area contributed by atoms with Gasteiger partial charge in [-0.05, 0) is 60.4 Å². The minimum Gasteiger partial charge on any atom is -0.379 e. The molecule has 3 heterocycles. The summed E-state index contributed by atoms with van der Waals surface area (Å²) in [5, 5.41) is 23.8. The van der Waals surface area contributed by atoms with Crippen molar-refractivity contribution in [1.29, 1.82) is 5.26 Å². The normalized spacial score (nSPS) is 18.0. The van der Waals surface area contributed by atoms with E-state index in [9.17, 15) is 10.1 Å². The first-order valence-electron chi connectivity index (χ1n) is 13.2. The summed E-state index contributed by atoms with van der Waals surface area (Å²) in [6, 6.07) is 9.88. The lowest BCUT2D eigenvalue weighted by Gasteiger charge is -2.33. The van der Waals surface area contributed by atoms with E-state index in [2.05, 4.69) is 47.3 Å². The topological polar surface area (TPSA) is 96.1 Å². The molecule has 1 atom stereocenters. The molecule has 0 spiro atoms. The van der Waals surface area contributed by atoms with E-state index in [-0.39, 0.29) is 17.1 Å². The van der Waals surface area contributed by atoms with Crippen molar-refractivity contribution in [3.8, 4) is 11.8 Å². The van der Waals surface area contributed by atoms with Gasteiger partial charge in [0, 0.05) is 28.7 Å². The van der Waals surface area contributed by atoms with Crippen molar-refractivity contribution < 1.29 is 9.53 Å². The average Bonchev–Trinajstić information content (AvgIpc) is 3.47. The number of fused-ring (bicyclic) bond motifs is 1. The van der Waals surface area contributed by atoms with Gasteiger partial charge >= 0.3 is 0 Å². The first-order valence-corrected chi connectivity index (χ1v) is 15.4. The second-order valence-electron chi connectivity index (χ2n) is 11.1. The number of aromatic nitrogens is 3. The number of nitrogens with one attached hydrogen (secondary N) is 1. The molecule has 11 heteroatoms. The molecule has 39 heavy (non-hydrogen) atoms. The molecular formula is C28H33ClN6O2S2. The third-order valence-corrected chi connectivity index (χ3v) is 9.79. The molecule has 5 rings (SSSR count). The number of hydrogen-bond donors (Lipinski definition) is 1. The van der Waals surface area contributed by atoms with Crippen LogP contribution >= 0.6 is 34.7 Å². The number of morpholine rings is 1. The Balaban J connectivity index is 1.31. The summed E-state index contributed by atoms with van der Waals surface area (Å²) in [6.45, 7) is 10.5. The van der Waals surface area contributed by atoms with Crippen molar-refractivity contribution in [1.82, 2.24) is 19.7 Å². The van der Waals surface area contributed by atoms with E-state index < -0.39 is 0 Å². The van der Waals surface area contributed by atoms with Crippen LogP contribution in [0, 0.1) is 22.7 Å². The maximum Gasteiger partial charge on any atom is 0.235 e. The predicted molar refractivity (Wildman–Crippen MR) is 156 cm³/mol. The Labute approximate surface area is 242 Å². The molecule has 0 unspecified atom stereocenters. The van der Waals surface area contributed by atoms with Crippen LogP contribution < -0.4 is 5.32 Å². The maximum atomic E-state index is 13.1. The Morgan fingerprint density at radius 2 is 2.00 bits per heavy atom. The summed E-state index contributed by atoms with van der Waals surface area (Å²) in [4.78, 5) is 16.6. The van der Waals surface area contributed by atoms with Gasteiger partial charge in [0.25, 0.3) is 0 Å². The summed E-state index contributed by atoms with van der Waals surface area (Å²) in [5.41, 5.74) is 2.84. The minimum absolute atomic E-state index is 0.154. The fourth-order valence-electron chi connectivity index (χ4n) is 5.13. The number of thioether (sulfide) groups is 1. The number of thiophene rings is 1. The number of rotatable bonds is 7. The van der Waals surface area contributed by atoms with Gasteiger partial charge in [0.05, 0.1) is 31.1 Å². The third kappa shape index (κ3) is 6.50. The molecule has 1 aliphatic heterocycles. The van der Waals surface area contributed by atoms with Crippen LogP contribution in [0.25, 0.3) is 5.69 Å². The van der Waals surface area contributed by atoms with Gasteiger partial charge in [-0.25, -0.2) is 0 Å². The number of nitriles is 1. The minimum atomic E-state index is -0.164. The van der Waals surface area contributed by atoms with Crippen molar-refractivity contribution in [2.24, 2.45) is 11.3 Å². The van der Waals surface area contributed by atoms with E-state index in [1.165, 1.54) is 16.6 Å². The lowest BCUT2D eigenvalue weighted by Crippen LogP contribution is -2.36. The van der Waals surface area contributed by atoms with Crippen LogP contribution in [0.4, 0.5) is 5.00 Å². The fourth-order valence-corrected chi connectivity index (χ4v) is 7.32. The van der Waals surface area contributed by atoms with Crippen LogP contribution in [0.2, 0.25) is 5.02 Å². The summed E-state index contributed by atoms with van der Waals surface area (Å²) in [5.74, 6) is 1.36. The molecule has 1 fully saturated rings. The zero-order valence-corrected chi connectivity index (χ0v) is 24.9. The standard InChI is InChI=1S/C28H33ClN6O2S2/c1-28(2,3)18-4-9-21-22(15-30)26(39-23(21)14-18)31-25(36)17-38-27-33-32-24(16-34-10-12-37-13-11-34)35(27)20-7-5-19(29)6-8-20/h5-8,18H,4,9-14,16-17H2,1-3H3,(H,31,36)/t18-/m1/s1. The van der Waals surface area contributed by atoms with Crippen molar-refractivity contribution >= 4 is 45.6 Å². The lowest BCUT2D eigenvalue weighted by molar-refractivity contribution is -0.113. The molecule has 0 radical (unpaired) electrons. The van der Waals surface area contributed by atoms with Gasteiger partial charge in [-0.3, -0.25) is 14.3 Å². The Morgan fingerprint density at radius 3 is 2.69 bits per heavy atom. The monoisotopic (exact) mass is 584 g/mol. The van der Waals surface area contributed by atoms with Gasteiger partial charge in [-0.15, -0.1) is 21.5 Å². The molecule has 206 valence electrons. The number of ether oxygens (including phenoxy) is 1. The highest BCUT2D eigenvalue weighted by atomic mass is 35.5. The largest absolute Gasteiger partial charge is 0.379 e. The highest BCUT2D eigenvalue weighted by molar-refractivity contribution is 7.99. The Hall–Kier alpha value is -2.42. The number of anilines is 1. The zero-order valence-electron chi connectivity index (χ0n) is 22.5. The Morgan fingerprint density at radius 1 is 1.26 bits per heavy atom. The van der Waals surface area contributed by atoms with Crippen LogP contribution in [0.3, 0.4) is 0 Å². The molecule has 1 aliphatic carbocycles. The molecule has 1 amide bonds. The predicted octanol–water partition coefficient (Wildman–Crippen LogP) is 5.57. The molecule has 1 N–H and O–H groups in total. The molecule has 3 aromatic rings. The van der Waals surface area contributed by atoms with E-state index in [0.29, 0.717) is 46.4 Å². The van der Waals surface area contributed by atoms with E-state index in [1.54, 1.807) is 11.3 Å².